The van der Waals surface area contributed by atoms with Crippen molar-refractivity contribution in [2.45, 2.75) is 13.3 Å². The summed E-state index contributed by atoms with van der Waals surface area (Å²) in [7, 11) is 0. The molecular formula is C19H17N5O. The summed E-state index contributed by atoms with van der Waals surface area (Å²) in [6.07, 6.45) is 2.59. The van der Waals surface area contributed by atoms with Gasteiger partial charge in [0.2, 0.25) is 0 Å². The number of anilines is 2. The molecule has 2 N–H and O–H groups in total. The summed E-state index contributed by atoms with van der Waals surface area (Å²) in [6.45, 7) is 2.53. The van der Waals surface area contributed by atoms with Crippen molar-refractivity contribution in [3.05, 3.63) is 65.5 Å². The summed E-state index contributed by atoms with van der Waals surface area (Å²) in [5.74, 6) is 0.512. The van der Waals surface area contributed by atoms with Crippen LogP contribution in [0.5, 0.6) is 0 Å². The highest BCUT2D eigenvalue weighted by Gasteiger charge is 2.27. The molecule has 6 nitrogen and oxygen atoms in total. The molecule has 0 aliphatic carbocycles. The van der Waals surface area contributed by atoms with Gasteiger partial charge in [0, 0.05) is 18.4 Å². The Hall–Kier alpha value is -3.28. The van der Waals surface area contributed by atoms with Crippen molar-refractivity contribution in [2.24, 2.45) is 5.73 Å². The van der Waals surface area contributed by atoms with Crippen molar-refractivity contribution in [1.29, 1.82) is 0 Å². The van der Waals surface area contributed by atoms with E-state index in [1.165, 1.54) is 5.56 Å². The van der Waals surface area contributed by atoms with Crippen molar-refractivity contribution in [2.75, 3.05) is 11.4 Å². The third-order valence-corrected chi connectivity index (χ3v) is 4.35. The van der Waals surface area contributed by atoms with E-state index in [0.29, 0.717) is 28.6 Å². The average molecular weight is 331 g/mol. The number of hydrogen-bond donors (Lipinski definition) is 1. The second kappa shape index (κ2) is 5.98. The lowest BCUT2D eigenvalue weighted by atomic mass is 10.1. The molecule has 4 rings (SSSR count). The summed E-state index contributed by atoms with van der Waals surface area (Å²) in [5.41, 5.74) is 9.49. The molecule has 6 heteroatoms. The van der Waals surface area contributed by atoms with Crippen LogP contribution in [0.4, 0.5) is 11.5 Å². The molecule has 0 fully saturated rings. The number of primary amides is 1. The summed E-state index contributed by atoms with van der Waals surface area (Å²) in [5, 5.41) is 0. The Balaban J connectivity index is 1.91. The van der Waals surface area contributed by atoms with Gasteiger partial charge in [0.25, 0.3) is 5.91 Å². The number of amides is 1. The van der Waals surface area contributed by atoms with Crippen LogP contribution >= 0.6 is 0 Å². The van der Waals surface area contributed by atoms with Gasteiger partial charge < -0.3 is 10.6 Å². The number of aryl methyl sites for hydroxylation is 1. The van der Waals surface area contributed by atoms with Crippen molar-refractivity contribution in [3.63, 3.8) is 0 Å². The molecule has 2 aromatic heterocycles. The highest BCUT2D eigenvalue weighted by atomic mass is 16.1. The number of para-hydroxylation sites is 1. The summed E-state index contributed by atoms with van der Waals surface area (Å²) < 4.78 is 0. The first-order valence-corrected chi connectivity index (χ1v) is 8.10. The molecule has 1 aromatic carbocycles. The van der Waals surface area contributed by atoms with E-state index in [9.17, 15) is 4.79 Å². The second-order valence-corrected chi connectivity index (χ2v) is 5.94. The first-order valence-electron chi connectivity index (χ1n) is 8.10. The van der Waals surface area contributed by atoms with Gasteiger partial charge in [-0.15, -0.1) is 0 Å². The van der Waals surface area contributed by atoms with E-state index in [-0.39, 0.29) is 0 Å². The lowest BCUT2D eigenvalue weighted by Gasteiger charge is -2.22. The Kier molecular flexibility index (Phi) is 3.65. The number of carbonyl (C=O) groups excluding carboxylic acids is 1. The molecular weight excluding hydrogens is 314 g/mol. The highest BCUT2D eigenvalue weighted by Crippen LogP contribution is 2.36. The number of rotatable bonds is 3. The molecule has 0 radical (unpaired) electrons. The number of nitrogens with zero attached hydrogens (tertiary/aromatic N) is 4. The maximum atomic E-state index is 12.1. The Labute approximate surface area is 145 Å². The first kappa shape index (κ1) is 15.3. The molecule has 25 heavy (non-hydrogen) atoms. The zero-order chi connectivity index (χ0) is 17.4. The van der Waals surface area contributed by atoms with Crippen molar-refractivity contribution < 1.29 is 4.79 Å². The van der Waals surface area contributed by atoms with Gasteiger partial charge in [-0.1, -0.05) is 24.3 Å². The largest absolute Gasteiger partial charge is 0.365 e. The SMILES string of the molecule is Cc1nc(-c2ccccn2)nc(N2CCc3ccccc32)c1C(N)=O. The van der Waals surface area contributed by atoms with Crippen LogP contribution in [0.15, 0.2) is 48.7 Å². The van der Waals surface area contributed by atoms with Crippen LogP contribution in [0.1, 0.15) is 21.6 Å². The molecule has 1 aliphatic heterocycles. The van der Waals surface area contributed by atoms with Crippen LogP contribution in [-0.4, -0.2) is 27.4 Å². The molecule has 124 valence electrons. The molecule has 0 unspecified atom stereocenters. The van der Waals surface area contributed by atoms with Gasteiger partial charge in [0.15, 0.2) is 5.82 Å². The number of pyridine rings is 1. The number of nitrogens with two attached hydrogens (primary N) is 1. The van der Waals surface area contributed by atoms with Crippen molar-refractivity contribution in [3.8, 4) is 11.5 Å². The molecule has 3 aromatic rings. The van der Waals surface area contributed by atoms with E-state index in [0.717, 1.165) is 18.7 Å². The van der Waals surface area contributed by atoms with Gasteiger partial charge in [-0.25, -0.2) is 9.97 Å². The first-order chi connectivity index (χ1) is 12.1. The van der Waals surface area contributed by atoms with E-state index in [1.54, 1.807) is 13.1 Å². The maximum absolute atomic E-state index is 12.1. The van der Waals surface area contributed by atoms with E-state index in [2.05, 4.69) is 21.0 Å². The monoisotopic (exact) mass is 331 g/mol. The number of carbonyl (C=O) groups is 1. The van der Waals surface area contributed by atoms with Gasteiger partial charge in [-0.05, 0) is 37.1 Å². The Morgan fingerprint density at radius 2 is 1.92 bits per heavy atom. The fourth-order valence-corrected chi connectivity index (χ4v) is 3.21. The topological polar surface area (TPSA) is 85.0 Å². The van der Waals surface area contributed by atoms with Gasteiger partial charge in [-0.3, -0.25) is 9.78 Å². The van der Waals surface area contributed by atoms with E-state index in [4.69, 9.17) is 5.73 Å². The molecule has 1 amide bonds. The Morgan fingerprint density at radius 1 is 1.12 bits per heavy atom. The molecule has 3 heterocycles. The minimum absolute atomic E-state index is 0.358. The Bertz CT molecular complexity index is 955. The van der Waals surface area contributed by atoms with Crippen molar-refractivity contribution >= 4 is 17.4 Å². The summed E-state index contributed by atoms with van der Waals surface area (Å²) in [4.78, 5) is 27.5. The third kappa shape index (κ3) is 2.61. The normalized spacial score (nSPS) is 12.9. The minimum Gasteiger partial charge on any atom is -0.365 e. The van der Waals surface area contributed by atoms with Crippen LogP contribution in [0.25, 0.3) is 11.5 Å². The van der Waals surface area contributed by atoms with Crippen molar-refractivity contribution in [1.82, 2.24) is 15.0 Å². The summed E-state index contributed by atoms with van der Waals surface area (Å²) >= 11 is 0. The predicted octanol–water partition coefficient (Wildman–Crippen LogP) is 2.64. The fraction of sp³-hybridized carbons (Fsp3) is 0.158. The number of benzene rings is 1. The highest BCUT2D eigenvalue weighted by molar-refractivity contribution is 6.00. The minimum atomic E-state index is -0.524. The summed E-state index contributed by atoms with van der Waals surface area (Å²) in [6, 6.07) is 13.7. The lowest BCUT2D eigenvalue weighted by molar-refractivity contribution is 0.0999. The fourth-order valence-electron chi connectivity index (χ4n) is 3.21. The average Bonchev–Trinajstić information content (AvgIpc) is 3.05. The second-order valence-electron chi connectivity index (χ2n) is 5.94. The Morgan fingerprint density at radius 3 is 2.68 bits per heavy atom. The molecule has 0 saturated carbocycles. The number of fused-ring (bicyclic) bond motifs is 1. The van der Waals surface area contributed by atoms with E-state index in [1.807, 2.05) is 41.3 Å². The van der Waals surface area contributed by atoms with Crippen LogP contribution in [0, 0.1) is 6.92 Å². The smallest absolute Gasteiger partial charge is 0.254 e. The maximum Gasteiger partial charge on any atom is 0.254 e. The number of aromatic nitrogens is 3. The third-order valence-electron chi connectivity index (χ3n) is 4.35. The van der Waals surface area contributed by atoms with Crippen LogP contribution in [-0.2, 0) is 6.42 Å². The molecule has 0 bridgehead atoms. The van der Waals surface area contributed by atoms with Gasteiger partial charge in [-0.2, -0.15) is 0 Å². The van der Waals surface area contributed by atoms with Crippen LogP contribution in [0.2, 0.25) is 0 Å². The van der Waals surface area contributed by atoms with E-state index >= 15 is 0 Å². The van der Waals surface area contributed by atoms with Gasteiger partial charge in [0.05, 0.1) is 5.69 Å². The standard InChI is InChI=1S/C19H17N5O/c1-12-16(17(20)25)19(23-18(22-12)14-7-4-5-10-21-14)24-11-9-13-6-2-3-8-15(13)24/h2-8,10H,9,11H2,1H3,(H2,20,25). The molecule has 0 atom stereocenters. The predicted molar refractivity (Wildman–Crippen MR) is 95.7 cm³/mol. The number of hydrogen-bond acceptors (Lipinski definition) is 5. The quantitative estimate of drug-likeness (QED) is 0.797. The van der Waals surface area contributed by atoms with Gasteiger partial charge in [0.1, 0.15) is 17.1 Å². The zero-order valence-electron chi connectivity index (χ0n) is 13.8. The molecule has 1 aliphatic rings. The van der Waals surface area contributed by atoms with E-state index < -0.39 is 5.91 Å². The zero-order valence-corrected chi connectivity index (χ0v) is 13.8. The lowest BCUT2D eigenvalue weighted by Crippen LogP contribution is -2.24. The molecule has 0 spiro atoms. The molecule has 0 saturated heterocycles. The van der Waals surface area contributed by atoms with Crippen LogP contribution < -0.4 is 10.6 Å². The van der Waals surface area contributed by atoms with Gasteiger partial charge >= 0.3 is 0 Å². The van der Waals surface area contributed by atoms with Crippen LogP contribution in [0.3, 0.4) is 0 Å².